The Hall–Kier alpha value is -1.94. The molecular weight excluding hydrogens is 238 g/mol. The maximum atomic E-state index is 5.62. The van der Waals surface area contributed by atoms with E-state index in [0.717, 1.165) is 22.8 Å². The molecular formula is C15H19N3O. The van der Waals surface area contributed by atoms with Crippen LogP contribution in [0.15, 0.2) is 36.5 Å². The number of nitrogens with one attached hydrogen (secondary N) is 1. The first kappa shape index (κ1) is 13.5. The highest BCUT2D eigenvalue weighted by Gasteiger charge is 2.03. The van der Waals surface area contributed by atoms with Gasteiger partial charge >= 0.3 is 0 Å². The summed E-state index contributed by atoms with van der Waals surface area (Å²) in [7, 11) is 1.88. The van der Waals surface area contributed by atoms with E-state index in [4.69, 9.17) is 4.74 Å². The van der Waals surface area contributed by atoms with Crippen LogP contribution in [0.4, 0.5) is 0 Å². The van der Waals surface area contributed by atoms with Crippen LogP contribution >= 0.6 is 0 Å². The Balaban J connectivity index is 2.19. The van der Waals surface area contributed by atoms with Crippen molar-refractivity contribution in [2.24, 2.45) is 0 Å². The zero-order valence-corrected chi connectivity index (χ0v) is 11.6. The summed E-state index contributed by atoms with van der Waals surface area (Å²) in [6.45, 7) is 4.70. The van der Waals surface area contributed by atoms with Crippen molar-refractivity contribution in [3.8, 4) is 17.0 Å². The highest BCUT2D eigenvalue weighted by molar-refractivity contribution is 5.59. The molecule has 0 aliphatic carbocycles. The summed E-state index contributed by atoms with van der Waals surface area (Å²) in [4.78, 5) is 8.72. The predicted octanol–water partition coefficient (Wildman–Crippen LogP) is 2.65. The Morgan fingerprint density at radius 2 is 1.89 bits per heavy atom. The van der Waals surface area contributed by atoms with Crippen LogP contribution in [-0.2, 0) is 6.54 Å². The molecule has 0 aliphatic heterocycles. The van der Waals surface area contributed by atoms with Crippen LogP contribution in [0.1, 0.15) is 19.7 Å². The predicted molar refractivity (Wildman–Crippen MR) is 76.0 cm³/mol. The van der Waals surface area contributed by atoms with Crippen LogP contribution in [0.2, 0.25) is 0 Å². The van der Waals surface area contributed by atoms with Gasteiger partial charge in [-0.3, -0.25) is 0 Å². The molecule has 0 fully saturated rings. The summed E-state index contributed by atoms with van der Waals surface area (Å²) >= 11 is 0. The highest BCUT2D eigenvalue weighted by atomic mass is 16.5. The van der Waals surface area contributed by atoms with Crippen molar-refractivity contribution in [1.29, 1.82) is 0 Å². The molecule has 0 spiro atoms. The van der Waals surface area contributed by atoms with Crippen LogP contribution < -0.4 is 10.1 Å². The quantitative estimate of drug-likeness (QED) is 0.894. The SMILES string of the molecule is CNCc1nccc(-c2ccc(OC(C)C)cc2)n1. The largest absolute Gasteiger partial charge is 0.491 e. The van der Waals surface area contributed by atoms with E-state index in [-0.39, 0.29) is 6.10 Å². The highest BCUT2D eigenvalue weighted by Crippen LogP contribution is 2.21. The standard InChI is InChI=1S/C15H19N3O/c1-11(2)19-13-6-4-12(5-7-13)14-8-9-17-15(18-14)10-16-3/h4-9,11,16H,10H2,1-3H3. The second-order valence-electron chi connectivity index (χ2n) is 4.58. The lowest BCUT2D eigenvalue weighted by atomic mass is 10.1. The number of rotatable bonds is 5. The monoisotopic (exact) mass is 257 g/mol. The molecule has 0 atom stereocenters. The molecule has 0 radical (unpaired) electrons. The fourth-order valence-corrected chi connectivity index (χ4v) is 1.78. The Bertz CT molecular complexity index is 523. The maximum absolute atomic E-state index is 5.62. The van der Waals surface area contributed by atoms with Crippen LogP contribution in [0.5, 0.6) is 5.75 Å². The third-order valence-electron chi connectivity index (χ3n) is 2.56. The minimum atomic E-state index is 0.187. The molecule has 19 heavy (non-hydrogen) atoms. The van der Waals surface area contributed by atoms with Crippen molar-refractivity contribution < 1.29 is 4.74 Å². The molecule has 0 saturated heterocycles. The molecule has 2 aromatic rings. The van der Waals surface area contributed by atoms with Gasteiger partial charge in [-0.2, -0.15) is 0 Å². The summed E-state index contributed by atoms with van der Waals surface area (Å²) < 4.78 is 5.62. The molecule has 0 bridgehead atoms. The third-order valence-corrected chi connectivity index (χ3v) is 2.56. The van der Waals surface area contributed by atoms with Crippen molar-refractivity contribution >= 4 is 0 Å². The van der Waals surface area contributed by atoms with Gasteiger partial charge in [-0.15, -0.1) is 0 Å². The minimum Gasteiger partial charge on any atom is -0.491 e. The molecule has 0 aliphatic rings. The van der Waals surface area contributed by atoms with Gasteiger partial charge in [-0.05, 0) is 51.2 Å². The first-order valence-electron chi connectivity index (χ1n) is 6.42. The summed E-state index contributed by atoms with van der Waals surface area (Å²) in [5.41, 5.74) is 1.99. The fourth-order valence-electron chi connectivity index (χ4n) is 1.78. The zero-order valence-electron chi connectivity index (χ0n) is 11.6. The average molecular weight is 257 g/mol. The molecule has 2 rings (SSSR count). The smallest absolute Gasteiger partial charge is 0.142 e. The Labute approximate surface area is 113 Å². The lowest BCUT2D eigenvalue weighted by molar-refractivity contribution is 0.242. The Morgan fingerprint density at radius 1 is 1.16 bits per heavy atom. The molecule has 1 aromatic carbocycles. The number of aromatic nitrogens is 2. The van der Waals surface area contributed by atoms with Gasteiger partial charge in [0.15, 0.2) is 0 Å². The van der Waals surface area contributed by atoms with Crippen molar-refractivity contribution in [3.05, 3.63) is 42.4 Å². The second-order valence-corrected chi connectivity index (χ2v) is 4.58. The summed E-state index contributed by atoms with van der Waals surface area (Å²) in [5.74, 6) is 1.67. The lowest BCUT2D eigenvalue weighted by Crippen LogP contribution is -2.09. The van der Waals surface area contributed by atoms with E-state index >= 15 is 0 Å². The van der Waals surface area contributed by atoms with Gasteiger partial charge in [0.25, 0.3) is 0 Å². The van der Waals surface area contributed by atoms with E-state index in [1.54, 1.807) is 6.20 Å². The molecule has 100 valence electrons. The molecule has 0 saturated carbocycles. The molecule has 1 aromatic heterocycles. The van der Waals surface area contributed by atoms with Gasteiger partial charge in [0.1, 0.15) is 11.6 Å². The van der Waals surface area contributed by atoms with Gasteiger partial charge in [0.05, 0.1) is 18.3 Å². The van der Waals surface area contributed by atoms with Crippen molar-refractivity contribution in [2.75, 3.05) is 7.05 Å². The van der Waals surface area contributed by atoms with Crippen LogP contribution in [0, 0.1) is 0 Å². The number of ether oxygens (including phenoxy) is 1. The van der Waals surface area contributed by atoms with Crippen LogP contribution in [0.25, 0.3) is 11.3 Å². The summed E-state index contributed by atoms with van der Waals surface area (Å²) in [6.07, 6.45) is 1.97. The van der Waals surface area contributed by atoms with Crippen molar-refractivity contribution in [3.63, 3.8) is 0 Å². The van der Waals surface area contributed by atoms with Crippen molar-refractivity contribution in [2.45, 2.75) is 26.5 Å². The van der Waals surface area contributed by atoms with Gasteiger partial charge in [0.2, 0.25) is 0 Å². The molecule has 1 heterocycles. The maximum Gasteiger partial charge on any atom is 0.142 e. The summed E-state index contributed by atoms with van der Waals surface area (Å²) in [5, 5.41) is 3.05. The van der Waals surface area contributed by atoms with E-state index in [2.05, 4.69) is 15.3 Å². The Kier molecular flexibility index (Phi) is 4.47. The first-order chi connectivity index (χ1) is 9.19. The molecule has 0 unspecified atom stereocenters. The van der Waals surface area contributed by atoms with Crippen molar-refractivity contribution in [1.82, 2.24) is 15.3 Å². The number of hydrogen-bond donors (Lipinski definition) is 1. The van der Waals surface area contributed by atoms with E-state index in [0.29, 0.717) is 6.54 Å². The zero-order chi connectivity index (χ0) is 13.7. The molecule has 4 nitrogen and oxygen atoms in total. The van der Waals surface area contributed by atoms with Gasteiger partial charge in [0, 0.05) is 11.8 Å². The van der Waals surface area contributed by atoms with Gasteiger partial charge in [-0.1, -0.05) is 0 Å². The lowest BCUT2D eigenvalue weighted by Gasteiger charge is -2.10. The topological polar surface area (TPSA) is 47.0 Å². The first-order valence-corrected chi connectivity index (χ1v) is 6.42. The van der Waals surface area contributed by atoms with Gasteiger partial charge < -0.3 is 10.1 Å². The number of nitrogens with zero attached hydrogens (tertiary/aromatic N) is 2. The van der Waals surface area contributed by atoms with Gasteiger partial charge in [-0.25, -0.2) is 9.97 Å². The number of benzene rings is 1. The normalized spacial score (nSPS) is 10.7. The second kappa shape index (κ2) is 6.29. The van der Waals surface area contributed by atoms with Crippen LogP contribution in [-0.4, -0.2) is 23.1 Å². The van der Waals surface area contributed by atoms with E-state index in [1.807, 2.05) is 51.2 Å². The van der Waals surface area contributed by atoms with E-state index in [1.165, 1.54) is 0 Å². The van der Waals surface area contributed by atoms with Crippen LogP contribution in [0.3, 0.4) is 0 Å². The third kappa shape index (κ3) is 3.76. The molecule has 4 heteroatoms. The minimum absolute atomic E-state index is 0.187. The average Bonchev–Trinajstić information content (AvgIpc) is 2.40. The molecule has 0 amide bonds. The fraction of sp³-hybridized carbons (Fsp3) is 0.333. The summed E-state index contributed by atoms with van der Waals surface area (Å²) in [6, 6.07) is 9.88. The molecule has 1 N–H and O–H groups in total. The van der Waals surface area contributed by atoms with E-state index < -0.39 is 0 Å². The Morgan fingerprint density at radius 3 is 2.53 bits per heavy atom. The number of hydrogen-bond acceptors (Lipinski definition) is 4. The van der Waals surface area contributed by atoms with E-state index in [9.17, 15) is 0 Å².